The molecule has 0 N–H and O–H groups in total. The largest absolute Gasteiger partial charge is 0.433 e. The average molecular weight is 442 g/mol. The van der Waals surface area contributed by atoms with E-state index < -0.39 is 17.8 Å². The molecular formula is C18H19ClF3N7O. The molecule has 1 fully saturated rings. The van der Waals surface area contributed by atoms with Crippen LogP contribution in [-0.2, 0) is 19.8 Å². The Morgan fingerprint density at radius 2 is 1.93 bits per heavy atom. The van der Waals surface area contributed by atoms with Crippen LogP contribution < -0.4 is 0 Å². The highest BCUT2D eigenvalue weighted by atomic mass is 35.5. The predicted molar refractivity (Wildman–Crippen MR) is 102 cm³/mol. The normalized spacial score (nSPS) is 15.9. The first-order chi connectivity index (χ1) is 14.1. The molecule has 160 valence electrons. The SMILES string of the molecule is Cc1cc(C(F)(F)F)n2nc(C(=O)N3CCN(Cc4cnn(C)c4)CC3)c(Cl)c2n1. The number of nitrogens with zero attached hydrogens (tertiary/aromatic N) is 7. The molecule has 3 aromatic rings. The molecule has 0 aliphatic carbocycles. The number of halogens is 4. The second-order valence-corrected chi connectivity index (χ2v) is 7.65. The maximum atomic E-state index is 13.4. The molecule has 12 heteroatoms. The first-order valence-corrected chi connectivity index (χ1v) is 9.63. The van der Waals surface area contributed by atoms with Crippen LogP contribution in [0.1, 0.15) is 27.4 Å². The van der Waals surface area contributed by atoms with Crippen molar-refractivity contribution in [3.63, 3.8) is 0 Å². The Kier molecular flexibility index (Phi) is 5.18. The third kappa shape index (κ3) is 3.86. The number of rotatable bonds is 3. The second-order valence-electron chi connectivity index (χ2n) is 7.27. The van der Waals surface area contributed by atoms with Crippen LogP contribution in [0.25, 0.3) is 5.65 Å². The van der Waals surface area contributed by atoms with Gasteiger partial charge < -0.3 is 4.90 Å². The van der Waals surface area contributed by atoms with Gasteiger partial charge in [0, 0.05) is 57.2 Å². The number of aryl methyl sites for hydroxylation is 2. The van der Waals surface area contributed by atoms with E-state index in [2.05, 4.69) is 20.1 Å². The van der Waals surface area contributed by atoms with E-state index in [1.807, 2.05) is 13.2 Å². The third-order valence-corrected chi connectivity index (χ3v) is 5.33. The number of hydrogen-bond donors (Lipinski definition) is 0. The molecule has 4 rings (SSSR count). The molecule has 0 bridgehead atoms. The molecule has 0 spiro atoms. The molecule has 30 heavy (non-hydrogen) atoms. The van der Waals surface area contributed by atoms with Gasteiger partial charge in [-0.05, 0) is 13.0 Å². The van der Waals surface area contributed by atoms with Gasteiger partial charge in [0.1, 0.15) is 10.7 Å². The summed E-state index contributed by atoms with van der Waals surface area (Å²) in [5.74, 6) is -0.502. The van der Waals surface area contributed by atoms with Crippen LogP contribution in [0.5, 0.6) is 0 Å². The van der Waals surface area contributed by atoms with Crippen molar-refractivity contribution >= 4 is 23.2 Å². The summed E-state index contributed by atoms with van der Waals surface area (Å²) >= 11 is 6.22. The van der Waals surface area contributed by atoms with Crippen molar-refractivity contribution in [1.82, 2.24) is 34.2 Å². The summed E-state index contributed by atoms with van der Waals surface area (Å²) in [6.07, 6.45) is -0.929. The molecule has 1 saturated heterocycles. The molecular weight excluding hydrogens is 423 g/mol. The van der Waals surface area contributed by atoms with Crippen LogP contribution in [-0.4, -0.2) is 66.3 Å². The van der Waals surface area contributed by atoms with Crippen LogP contribution in [0.3, 0.4) is 0 Å². The summed E-state index contributed by atoms with van der Waals surface area (Å²) in [6.45, 7) is 4.22. The summed E-state index contributed by atoms with van der Waals surface area (Å²) in [4.78, 5) is 20.7. The first kappa shape index (κ1) is 20.6. The van der Waals surface area contributed by atoms with E-state index in [0.29, 0.717) is 37.2 Å². The quantitative estimate of drug-likeness (QED) is 0.624. The van der Waals surface area contributed by atoms with Crippen molar-refractivity contribution in [2.45, 2.75) is 19.6 Å². The van der Waals surface area contributed by atoms with E-state index >= 15 is 0 Å². The predicted octanol–water partition coefficient (Wildman–Crippen LogP) is 2.40. The number of amides is 1. The van der Waals surface area contributed by atoms with Gasteiger partial charge in [-0.25, -0.2) is 9.50 Å². The molecule has 0 radical (unpaired) electrons. The number of piperazine rings is 1. The molecule has 0 saturated carbocycles. The highest BCUT2D eigenvalue weighted by Gasteiger charge is 2.37. The minimum Gasteiger partial charge on any atom is -0.335 e. The highest BCUT2D eigenvalue weighted by molar-refractivity contribution is 6.36. The first-order valence-electron chi connectivity index (χ1n) is 9.25. The zero-order valence-electron chi connectivity index (χ0n) is 16.3. The van der Waals surface area contributed by atoms with Crippen LogP contribution in [0.15, 0.2) is 18.5 Å². The van der Waals surface area contributed by atoms with E-state index in [-0.39, 0.29) is 22.1 Å². The van der Waals surface area contributed by atoms with Gasteiger partial charge in [-0.2, -0.15) is 23.4 Å². The van der Waals surface area contributed by atoms with Crippen molar-refractivity contribution in [3.05, 3.63) is 46.1 Å². The standard InChI is InChI=1S/C18H19ClF3N7O/c1-11-7-13(18(20,21)22)29-16(24-11)14(19)15(25-29)17(30)28-5-3-27(4-6-28)10-12-8-23-26(2)9-12/h7-9H,3-6,10H2,1-2H3. The van der Waals surface area contributed by atoms with Crippen molar-refractivity contribution < 1.29 is 18.0 Å². The summed E-state index contributed by atoms with van der Waals surface area (Å²) in [5.41, 5.74) is -0.211. The van der Waals surface area contributed by atoms with Gasteiger partial charge in [0.25, 0.3) is 5.91 Å². The Balaban J connectivity index is 1.53. The molecule has 3 aromatic heterocycles. The fourth-order valence-corrected chi connectivity index (χ4v) is 3.76. The molecule has 0 unspecified atom stereocenters. The van der Waals surface area contributed by atoms with E-state index in [1.54, 1.807) is 15.8 Å². The Hall–Kier alpha value is -2.66. The van der Waals surface area contributed by atoms with Crippen molar-refractivity contribution in [2.24, 2.45) is 7.05 Å². The summed E-state index contributed by atoms with van der Waals surface area (Å²) < 4.78 is 42.5. The van der Waals surface area contributed by atoms with Gasteiger partial charge in [0.15, 0.2) is 11.3 Å². The van der Waals surface area contributed by atoms with Gasteiger partial charge in [-0.3, -0.25) is 14.4 Å². The molecule has 1 aliphatic rings. The molecule has 8 nitrogen and oxygen atoms in total. The van der Waals surface area contributed by atoms with Crippen LogP contribution in [0.4, 0.5) is 13.2 Å². The molecule has 0 atom stereocenters. The minimum atomic E-state index is -4.65. The highest BCUT2D eigenvalue weighted by Crippen LogP contribution is 2.32. The fourth-order valence-electron chi connectivity index (χ4n) is 3.52. The molecule has 1 aliphatic heterocycles. The number of fused-ring (bicyclic) bond motifs is 1. The number of carbonyl (C=O) groups is 1. The summed E-state index contributed by atoms with van der Waals surface area (Å²) in [6, 6.07) is 0.877. The van der Waals surface area contributed by atoms with Crippen LogP contribution in [0.2, 0.25) is 5.02 Å². The van der Waals surface area contributed by atoms with Gasteiger partial charge in [-0.15, -0.1) is 0 Å². The lowest BCUT2D eigenvalue weighted by Gasteiger charge is -2.34. The van der Waals surface area contributed by atoms with E-state index in [4.69, 9.17) is 11.6 Å². The Bertz CT molecular complexity index is 1100. The van der Waals surface area contributed by atoms with Gasteiger partial charge in [0.2, 0.25) is 0 Å². The second kappa shape index (κ2) is 7.55. The molecule has 4 heterocycles. The monoisotopic (exact) mass is 441 g/mol. The van der Waals surface area contributed by atoms with E-state index in [9.17, 15) is 18.0 Å². The topological polar surface area (TPSA) is 71.6 Å². The number of aromatic nitrogens is 5. The fraction of sp³-hybridized carbons (Fsp3) is 0.444. The number of alkyl halides is 3. The number of carbonyl (C=O) groups excluding carboxylic acids is 1. The van der Waals surface area contributed by atoms with E-state index in [1.165, 1.54) is 6.92 Å². The third-order valence-electron chi connectivity index (χ3n) is 4.98. The minimum absolute atomic E-state index is 0.139. The zero-order valence-corrected chi connectivity index (χ0v) is 17.1. The molecule has 0 aromatic carbocycles. The zero-order chi connectivity index (χ0) is 21.6. The van der Waals surface area contributed by atoms with Crippen molar-refractivity contribution in [3.8, 4) is 0 Å². The lowest BCUT2D eigenvalue weighted by Crippen LogP contribution is -2.48. The van der Waals surface area contributed by atoms with Gasteiger partial charge in [0.05, 0.1) is 6.20 Å². The smallest absolute Gasteiger partial charge is 0.335 e. The van der Waals surface area contributed by atoms with Crippen molar-refractivity contribution in [1.29, 1.82) is 0 Å². The maximum Gasteiger partial charge on any atom is 0.433 e. The Morgan fingerprint density at radius 3 is 2.53 bits per heavy atom. The van der Waals surface area contributed by atoms with Crippen LogP contribution in [0, 0.1) is 6.92 Å². The molecule has 1 amide bonds. The Morgan fingerprint density at radius 1 is 1.23 bits per heavy atom. The Labute approximate surface area is 174 Å². The average Bonchev–Trinajstić information content (AvgIpc) is 3.24. The van der Waals surface area contributed by atoms with Gasteiger partial charge >= 0.3 is 6.18 Å². The van der Waals surface area contributed by atoms with Gasteiger partial charge in [-0.1, -0.05) is 11.6 Å². The summed E-state index contributed by atoms with van der Waals surface area (Å²) in [5, 5.41) is 7.84. The maximum absolute atomic E-state index is 13.4. The number of hydrogen-bond acceptors (Lipinski definition) is 5. The lowest BCUT2D eigenvalue weighted by molar-refractivity contribution is -0.142. The van der Waals surface area contributed by atoms with E-state index in [0.717, 1.165) is 11.6 Å². The lowest BCUT2D eigenvalue weighted by atomic mass is 10.2. The summed E-state index contributed by atoms with van der Waals surface area (Å²) in [7, 11) is 1.85. The van der Waals surface area contributed by atoms with Crippen molar-refractivity contribution in [2.75, 3.05) is 26.2 Å². The van der Waals surface area contributed by atoms with Crippen LogP contribution >= 0.6 is 11.6 Å².